The maximum atomic E-state index is 13.2. The number of nitrogens with one attached hydrogen (secondary N) is 2. The van der Waals surface area contributed by atoms with Gasteiger partial charge in [-0.2, -0.15) is 5.10 Å². The fourth-order valence-electron chi connectivity index (χ4n) is 3.48. The van der Waals surface area contributed by atoms with Gasteiger partial charge in [0.2, 0.25) is 10.0 Å². The van der Waals surface area contributed by atoms with Crippen LogP contribution in [0, 0.1) is 0 Å². The van der Waals surface area contributed by atoms with Crippen LogP contribution < -0.4 is 10.0 Å². The molecule has 0 aliphatic heterocycles. The highest BCUT2D eigenvalue weighted by atomic mass is 35.5. The van der Waals surface area contributed by atoms with Gasteiger partial charge in [0, 0.05) is 23.3 Å². The van der Waals surface area contributed by atoms with Crippen LogP contribution in [0.5, 0.6) is 0 Å². The number of sulfonamides is 1. The molecule has 1 amide bonds. The van der Waals surface area contributed by atoms with Crippen molar-refractivity contribution in [3.8, 4) is 11.3 Å². The zero-order chi connectivity index (χ0) is 24.1. The second kappa shape index (κ2) is 10.2. The third-order valence-corrected chi connectivity index (χ3v) is 6.91. The summed E-state index contributed by atoms with van der Waals surface area (Å²) >= 11 is 6.03. The maximum absolute atomic E-state index is 13.2. The van der Waals surface area contributed by atoms with E-state index in [1.165, 1.54) is 19.2 Å². The zero-order valence-electron chi connectivity index (χ0n) is 18.4. The molecule has 34 heavy (non-hydrogen) atoms. The van der Waals surface area contributed by atoms with E-state index >= 15 is 0 Å². The van der Waals surface area contributed by atoms with Crippen LogP contribution in [-0.2, 0) is 23.1 Å². The van der Waals surface area contributed by atoms with E-state index < -0.39 is 10.0 Å². The van der Waals surface area contributed by atoms with E-state index in [1.54, 1.807) is 35.1 Å². The topological polar surface area (TPSA) is 93.1 Å². The lowest BCUT2D eigenvalue weighted by atomic mass is 10.1. The number of hydrogen-bond donors (Lipinski definition) is 2. The number of rotatable bonds is 8. The molecule has 174 valence electrons. The van der Waals surface area contributed by atoms with Crippen LogP contribution in [0.4, 0.5) is 0 Å². The molecule has 7 nitrogen and oxygen atoms in total. The molecule has 0 spiro atoms. The van der Waals surface area contributed by atoms with Crippen molar-refractivity contribution in [1.82, 2.24) is 19.8 Å². The molecule has 0 atom stereocenters. The van der Waals surface area contributed by atoms with E-state index in [4.69, 9.17) is 11.6 Å². The minimum atomic E-state index is -3.57. The first-order valence-electron chi connectivity index (χ1n) is 10.5. The normalized spacial score (nSPS) is 11.4. The minimum Gasteiger partial charge on any atom is -0.348 e. The first-order chi connectivity index (χ1) is 16.4. The fraction of sp³-hybridized carbons (Fsp3) is 0.120. The average molecular weight is 495 g/mol. The molecule has 4 aromatic rings. The standard InChI is InChI=1S/C25H23ClN4O3S/c1-27-34(32,33)22-9-5-8-19(14-22)15-28-25(31)23-17-30(16-18-6-3-2-4-7-18)29-24(23)20-10-12-21(26)13-11-20/h2-14,17,27H,15-16H2,1H3,(H,28,31). The molecule has 4 rings (SSSR count). The molecular formula is C25H23ClN4O3S. The van der Waals surface area contributed by atoms with Crippen LogP contribution in [0.2, 0.25) is 5.02 Å². The number of nitrogens with zero attached hydrogens (tertiary/aromatic N) is 2. The number of carbonyl (C=O) groups excluding carboxylic acids is 1. The summed E-state index contributed by atoms with van der Waals surface area (Å²) in [7, 11) is -2.21. The largest absolute Gasteiger partial charge is 0.348 e. The van der Waals surface area contributed by atoms with Crippen LogP contribution in [0.25, 0.3) is 11.3 Å². The van der Waals surface area contributed by atoms with Crippen molar-refractivity contribution in [3.05, 3.63) is 107 Å². The Morgan fingerprint density at radius 1 is 0.971 bits per heavy atom. The molecule has 9 heteroatoms. The third-order valence-electron chi connectivity index (χ3n) is 5.24. The fourth-order valence-corrected chi connectivity index (χ4v) is 4.40. The Hall–Kier alpha value is -3.46. The molecule has 0 saturated heterocycles. The van der Waals surface area contributed by atoms with Crippen molar-refractivity contribution >= 4 is 27.5 Å². The second-order valence-electron chi connectivity index (χ2n) is 7.62. The monoisotopic (exact) mass is 494 g/mol. The molecular weight excluding hydrogens is 472 g/mol. The Morgan fingerprint density at radius 2 is 1.68 bits per heavy atom. The molecule has 0 fully saturated rings. The molecule has 1 aromatic heterocycles. The van der Waals surface area contributed by atoms with Crippen LogP contribution in [-0.4, -0.2) is 31.2 Å². The summed E-state index contributed by atoms with van der Waals surface area (Å²) in [6, 6.07) is 23.4. The molecule has 0 aliphatic rings. The van der Waals surface area contributed by atoms with Crippen LogP contribution in [0.1, 0.15) is 21.5 Å². The Bertz CT molecular complexity index is 1400. The number of amides is 1. The predicted octanol–water partition coefficient (Wildman–Crippen LogP) is 4.09. The highest BCUT2D eigenvalue weighted by Gasteiger charge is 2.19. The van der Waals surface area contributed by atoms with Gasteiger partial charge >= 0.3 is 0 Å². The lowest BCUT2D eigenvalue weighted by Crippen LogP contribution is -2.23. The predicted molar refractivity (Wildman–Crippen MR) is 132 cm³/mol. The van der Waals surface area contributed by atoms with E-state index in [0.717, 1.165) is 11.1 Å². The first-order valence-corrected chi connectivity index (χ1v) is 12.4. The van der Waals surface area contributed by atoms with Crippen LogP contribution in [0.15, 0.2) is 90.0 Å². The summed E-state index contributed by atoms with van der Waals surface area (Å²) in [5, 5.41) is 8.13. The Kier molecular flexibility index (Phi) is 7.12. The van der Waals surface area contributed by atoms with E-state index in [0.29, 0.717) is 28.4 Å². The SMILES string of the molecule is CNS(=O)(=O)c1cccc(CNC(=O)c2cn(Cc3ccccc3)nc2-c2ccc(Cl)cc2)c1. The van der Waals surface area contributed by atoms with Gasteiger partial charge in [0.25, 0.3) is 5.91 Å². The van der Waals surface area contributed by atoms with Gasteiger partial charge in [-0.25, -0.2) is 13.1 Å². The average Bonchev–Trinajstić information content (AvgIpc) is 3.27. The molecule has 2 N–H and O–H groups in total. The van der Waals surface area contributed by atoms with Crippen molar-refractivity contribution in [2.75, 3.05) is 7.05 Å². The van der Waals surface area contributed by atoms with Gasteiger partial charge in [-0.3, -0.25) is 9.48 Å². The number of hydrogen-bond acceptors (Lipinski definition) is 4. The van der Waals surface area contributed by atoms with Gasteiger partial charge in [-0.05, 0) is 42.4 Å². The smallest absolute Gasteiger partial charge is 0.255 e. The van der Waals surface area contributed by atoms with Crippen molar-refractivity contribution in [2.24, 2.45) is 0 Å². The van der Waals surface area contributed by atoms with Crippen molar-refractivity contribution in [1.29, 1.82) is 0 Å². The van der Waals surface area contributed by atoms with Gasteiger partial charge in [0.1, 0.15) is 5.69 Å². The summed E-state index contributed by atoms with van der Waals surface area (Å²) in [5.41, 5.74) is 3.44. The van der Waals surface area contributed by atoms with Gasteiger partial charge in [-0.1, -0.05) is 66.2 Å². The lowest BCUT2D eigenvalue weighted by molar-refractivity contribution is 0.0951. The second-order valence-corrected chi connectivity index (χ2v) is 9.94. The number of aromatic nitrogens is 2. The summed E-state index contributed by atoms with van der Waals surface area (Å²) in [6.45, 7) is 0.675. The summed E-state index contributed by atoms with van der Waals surface area (Å²) < 4.78 is 28.2. The molecule has 3 aromatic carbocycles. The lowest BCUT2D eigenvalue weighted by Gasteiger charge is -2.08. The molecule has 0 aliphatic carbocycles. The van der Waals surface area contributed by atoms with Crippen LogP contribution in [0.3, 0.4) is 0 Å². The molecule has 0 radical (unpaired) electrons. The van der Waals surface area contributed by atoms with Crippen molar-refractivity contribution in [3.63, 3.8) is 0 Å². The number of benzene rings is 3. The minimum absolute atomic E-state index is 0.138. The Labute approximate surface area is 203 Å². The first kappa shape index (κ1) is 23.7. The highest BCUT2D eigenvalue weighted by molar-refractivity contribution is 7.89. The molecule has 0 bridgehead atoms. The third kappa shape index (κ3) is 5.53. The van der Waals surface area contributed by atoms with Gasteiger partial charge < -0.3 is 5.32 Å². The quantitative estimate of drug-likeness (QED) is 0.386. The van der Waals surface area contributed by atoms with Gasteiger partial charge in [0.15, 0.2) is 0 Å². The molecule has 1 heterocycles. The number of carbonyl (C=O) groups is 1. The zero-order valence-corrected chi connectivity index (χ0v) is 20.0. The van der Waals surface area contributed by atoms with Crippen molar-refractivity contribution < 1.29 is 13.2 Å². The van der Waals surface area contributed by atoms with Crippen LogP contribution >= 0.6 is 11.6 Å². The van der Waals surface area contributed by atoms with E-state index in [-0.39, 0.29) is 17.3 Å². The Morgan fingerprint density at radius 3 is 2.38 bits per heavy atom. The number of halogens is 1. The van der Waals surface area contributed by atoms with E-state index in [9.17, 15) is 13.2 Å². The summed E-state index contributed by atoms with van der Waals surface area (Å²) in [6.07, 6.45) is 1.72. The van der Waals surface area contributed by atoms with Crippen molar-refractivity contribution in [2.45, 2.75) is 18.0 Å². The molecule has 0 unspecified atom stereocenters. The van der Waals surface area contributed by atoms with Gasteiger partial charge in [-0.15, -0.1) is 0 Å². The summed E-state index contributed by atoms with van der Waals surface area (Å²) in [5.74, 6) is -0.314. The molecule has 0 saturated carbocycles. The van der Waals surface area contributed by atoms with E-state index in [1.807, 2.05) is 42.5 Å². The van der Waals surface area contributed by atoms with E-state index in [2.05, 4.69) is 15.1 Å². The highest BCUT2D eigenvalue weighted by Crippen LogP contribution is 2.24. The summed E-state index contributed by atoms with van der Waals surface area (Å²) in [4.78, 5) is 13.3. The Balaban J connectivity index is 1.60. The van der Waals surface area contributed by atoms with Gasteiger partial charge in [0.05, 0.1) is 17.0 Å². The maximum Gasteiger partial charge on any atom is 0.255 e.